The minimum Gasteiger partial charge on any atom is -0.390 e. The van der Waals surface area contributed by atoms with E-state index in [1.807, 2.05) is 7.05 Å². The zero-order valence-corrected chi connectivity index (χ0v) is 9.78. The van der Waals surface area contributed by atoms with Crippen molar-refractivity contribution >= 4 is 5.91 Å². The Labute approximate surface area is 91.9 Å². The molecule has 0 spiro atoms. The fourth-order valence-corrected chi connectivity index (χ4v) is 2.04. The molecule has 4 heteroatoms. The Morgan fingerprint density at radius 2 is 2.33 bits per heavy atom. The highest BCUT2D eigenvalue weighted by Crippen LogP contribution is 2.10. The monoisotopic (exact) mass is 214 g/mol. The van der Waals surface area contributed by atoms with E-state index in [0.717, 1.165) is 25.9 Å². The fourth-order valence-electron chi connectivity index (χ4n) is 2.04. The largest absolute Gasteiger partial charge is 0.390 e. The Kier molecular flexibility index (Phi) is 5.05. The number of hydrogen-bond acceptors (Lipinski definition) is 3. The van der Waals surface area contributed by atoms with Gasteiger partial charge in [-0.25, -0.2) is 0 Å². The summed E-state index contributed by atoms with van der Waals surface area (Å²) in [5.74, 6) is 0.187. The topological polar surface area (TPSA) is 43.8 Å². The lowest BCUT2D eigenvalue weighted by atomic mass is 10.3. The maximum atomic E-state index is 11.3. The van der Waals surface area contributed by atoms with Gasteiger partial charge in [0, 0.05) is 26.1 Å². The number of carbonyl (C=O) groups is 1. The molecule has 1 atom stereocenters. The molecular formula is C11H22N2O2. The quantitative estimate of drug-likeness (QED) is 0.692. The molecule has 0 saturated carbocycles. The molecule has 0 aromatic heterocycles. The summed E-state index contributed by atoms with van der Waals surface area (Å²) in [5, 5.41) is 9.79. The molecular weight excluding hydrogens is 192 g/mol. The van der Waals surface area contributed by atoms with Gasteiger partial charge in [0.25, 0.3) is 0 Å². The standard InChI is InChI=1S/C11H22N2O2/c1-3-6-12(2)8-10(14)9-13-7-4-5-11(13)15/h10,14H,3-9H2,1-2H3. The van der Waals surface area contributed by atoms with Crippen LogP contribution in [-0.2, 0) is 4.79 Å². The van der Waals surface area contributed by atoms with E-state index in [-0.39, 0.29) is 5.91 Å². The maximum absolute atomic E-state index is 11.3. The van der Waals surface area contributed by atoms with Crippen LogP contribution in [-0.4, -0.2) is 60.1 Å². The van der Waals surface area contributed by atoms with Crippen LogP contribution in [0.2, 0.25) is 0 Å². The van der Waals surface area contributed by atoms with E-state index in [0.29, 0.717) is 19.5 Å². The van der Waals surface area contributed by atoms with Crippen molar-refractivity contribution in [2.24, 2.45) is 0 Å². The average molecular weight is 214 g/mol. The predicted molar refractivity (Wildman–Crippen MR) is 59.6 cm³/mol. The third-order valence-electron chi connectivity index (χ3n) is 2.73. The van der Waals surface area contributed by atoms with Gasteiger partial charge in [-0.1, -0.05) is 6.92 Å². The van der Waals surface area contributed by atoms with Crippen molar-refractivity contribution in [3.05, 3.63) is 0 Å². The van der Waals surface area contributed by atoms with E-state index in [2.05, 4.69) is 11.8 Å². The molecule has 4 nitrogen and oxygen atoms in total. The van der Waals surface area contributed by atoms with Crippen LogP contribution in [0.25, 0.3) is 0 Å². The lowest BCUT2D eigenvalue weighted by Gasteiger charge is -2.24. The van der Waals surface area contributed by atoms with Crippen molar-refractivity contribution in [3.63, 3.8) is 0 Å². The molecule has 1 aliphatic heterocycles. The van der Waals surface area contributed by atoms with Gasteiger partial charge < -0.3 is 14.9 Å². The molecule has 0 aromatic carbocycles. The van der Waals surface area contributed by atoms with Crippen molar-refractivity contribution in [1.29, 1.82) is 0 Å². The van der Waals surface area contributed by atoms with Gasteiger partial charge >= 0.3 is 0 Å². The van der Waals surface area contributed by atoms with Crippen molar-refractivity contribution < 1.29 is 9.90 Å². The van der Waals surface area contributed by atoms with Crippen molar-refractivity contribution in [2.75, 3.05) is 33.2 Å². The molecule has 1 heterocycles. The van der Waals surface area contributed by atoms with E-state index in [1.165, 1.54) is 0 Å². The minimum absolute atomic E-state index is 0.187. The van der Waals surface area contributed by atoms with E-state index >= 15 is 0 Å². The first-order chi connectivity index (χ1) is 7.13. The first kappa shape index (κ1) is 12.5. The molecule has 1 unspecified atom stereocenters. The highest BCUT2D eigenvalue weighted by Gasteiger charge is 2.22. The van der Waals surface area contributed by atoms with Crippen LogP contribution in [0.3, 0.4) is 0 Å². The predicted octanol–water partition coefficient (Wildman–Crippen LogP) is 0.312. The first-order valence-electron chi connectivity index (χ1n) is 5.78. The second kappa shape index (κ2) is 6.08. The Balaban J connectivity index is 2.22. The molecule has 0 aromatic rings. The molecule has 1 amide bonds. The van der Waals surface area contributed by atoms with Crippen molar-refractivity contribution in [2.45, 2.75) is 32.3 Å². The number of aliphatic hydroxyl groups is 1. The summed E-state index contributed by atoms with van der Waals surface area (Å²) < 4.78 is 0. The Morgan fingerprint density at radius 3 is 2.87 bits per heavy atom. The zero-order valence-electron chi connectivity index (χ0n) is 9.78. The smallest absolute Gasteiger partial charge is 0.222 e. The van der Waals surface area contributed by atoms with Crippen LogP contribution in [0.4, 0.5) is 0 Å². The van der Waals surface area contributed by atoms with Gasteiger partial charge in [0.2, 0.25) is 5.91 Å². The van der Waals surface area contributed by atoms with Gasteiger partial charge in [-0.15, -0.1) is 0 Å². The summed E-state index contributed by atoms with van der Waals surface area (Å²) in [5.41, 5.74) is 0. The molecule has 88 valence electrons. The molecule has 1 saturated heterocycles. The number of hydrogen-bond donors (Lipinski definition) is 1. The SMILES string of the molecule is CCCN(C)CC(O)CN1CCCC1=O. The summed E-state index contributed by atoms with van der Waals surface area (Å²) in [6.07, 6.45) is 2.27. The Bertz CT molecular complexity index is 209. The summed E-state index contributed by atoms with van der Waals surface area (Å²) in [4.78, 5) is 15.2. The first-order valence-corrected chi connectivity index (χ1v) is 5.78. The molecule has 1 N–H and O–H groups in total. The number of likely N-dealkylation sites (tertiary alicyclic amines) is 1. The molecule has 1 fully saturated rings. The van der Waals surface area contributed by atoms with Crippen LogP contribution in [0.5, 0.6) is 0 Å². The van der Waals surface area contributed by atoms with Gasteiger partial charge in [-0.2, -0.15) is 0 Å². The zero-order chi connectivity index (χ0) is 11.3. The normalized spacial score (nSPS) is 18.9. The summed E-state index contributed by atoms with van der Waals surface area (Å²) in [6, 6.07) is 0. The molecule has 15 heavy (non-hydrogen) atoms. The number of carbonyl (C=O) groups excluding carboxylic acids is 1. The third kappa shape index (κ3) is 4.18. The highest BCUT2D eigenvalue weighted by atomic mass is 16.3. The molecule has 0 aliphatic carbocycles. The van der Waals surface area contributed by atoms with E-state index in [1.54, 1.807) is 4.90 Å². The second-order valence-corrected chi connectivity index (χ2v) is 4.36. The number of nitrogens with zero attached hydrogens (tertiary/aromatic N) is 2. The molecule has 1 rings (SSSR count). The lowest BCUT2D eigenvalue weighted by Crippen LogP contribution is -2.39. The van der Waals surface area contributed by atoms with Gasteiger partial charge in [-0.05, 0) is 26.4 Å². The summed E-state index contributed by atoms with van der Waals surface area (Å²) in [7, 11) is 2.00. The van der Waals surface area contributed by atoms with Gasteiger partial charge in [0.05, 0.1) is 6.10 Å². The van der Waals surface area contributed by atoms with Gasteiger partial charge in [0.15, 0.2) is 0 Å². The van der Waals surface area contributed by atoms with Gasteiger partial charge in [-0.3, -0.25) is 4.79 Å². The molecule has 0 radical (unpaired) electrons. The Hall–Kier alpha value is -0.610. The number of amides is 1. The summed E-state index contributed by atoms with van der Waals surface area (Å²) in [6.45, 7) is 5.07. The van der Waals surface area contributed by atoms with Crippen LogP contribution >= 0.6 is 0 Å². The van der Waals surface area contributed by atoms with E-state index in [9.17, 15) is 9.90 Å². The Morgan fingerprint density at radius 1 is 1.60 bits per heavy atom. The average Bonchev–Trinajstić information content (AvgIpc) is 2.52. The highest BCUT2D eigenvalue weighted by molar-refractivity contribution is 5.78. The van der Waals surface area contributed by atoms with Crippen molar-refractivity contribution in [3.8, 4) is 0 Å². The minimum atomic E-state index is -0.413. The van der Waals surface area contributed by atoms with E-state index in [4.69, 9.17) is 0 Å². The van der Waals surface area contributed by atoms with Crippen molar-refractivity contribution in [1.82, 2.24) is 9.80 Å². The van der Waals surface area contributed by atoms with Crippen LogP contribution in [0.15, 0.2) is 0 Å². The van der Waals surface area contributed by atoms with Gasteiger partial charge in [0.1, 0.15) is 0 Å². The number of rotatable bonds is 6. The summed E-state index contributed by atoms with van der Waals surface area (Å²) >= 11 is 0. The molecule has 1 aliphatic rings. The number of β-amino-alcohol motifs (C(OH)–C–C–N with tert-alkyl or cyclic N) is 1. The van der Waals surface area contributed by atoms with Crippen LogP contribution in [0, 0.1) is 0 Å². The number of aliphatic hydroxyl groups excluding tert-OH is 1. The van der Waals surface area contributed by atoms with E-state index < -0.39 is 6.10 Å². The lowest BCUT2D eigenvalue weighted by molar-refractivity contribution is -0.129. The molecule has 0 bridgehead atoms. The fraction of sp³-hybridized carbons (Fsp3) is 0.909. The third-order valence-corrected chi connectivity index (χ3v) is 2.73. The number of likely N-dealkylation sites (N-methyl/N-ethyl adjacent to an activating group) is 1. The maximum Gasteiger partial charge on any atom is 0.222 e. The van der Waals surface area contributed by atoms with Crippen LogP contribution < -0.4 is 0 Å². The second-order valence-electron chi connectivity index (χ2n) is 4.36. The van der Waals surface area contributed by atoms with Crippen LogP contribution in [0.1, 0.15) is 26.2 Å².